The summed E-state index contributed by atoms with van der Waals surface area (Å²) in [6.45, 7) is 1.70. The number of rotatable bonds is 5. The van der Waals surface area contributed by atoms with Crippen molar-refractivity contribution >= 4 is 23.6 Å². The number of hydrogen-bond donors (Lipinski definition) is 2. The quantitative estimate of drug-likeness (QED) is 0.770. The number of ether oxygens (including phenoxy) is 2. The van der Waals surface area contributed by atoms with Crippen molar-refractivity contribution in [1.29, 1.82) is 0 Å². The van der Waals surface area contributed by atoms with Gasteiger partial charge < -0.3 is 25.0 Å². The average Bonchev–Trinajstić information content (AvgIpc) is 2.81. The lowest BCUT2D eigenvalue weighted by molar-refractivity contribution is -0.116. The molecular weight excluding hydrogens is 398 g/mol. The molecule has 0 spiro atoms. The van der Waals surface area contributed by atoms with Gasteiger partial charge in [0.25, 0.3) is 5.91 Å². The lowest BCUT2D eigenvalue weighted by Crippen LogP contribution is -2.49. The molecule has 2 N–H and O–H groups in total. The van der Waals surface area contributed by atoms with Gasteiger partial charge in [0.2, 0.25) is 5.91 Å². The van der Waals surface area contributed by atoms with Gasteiger partial charge in [0.1, 0.15) is 6.61 Å². The molecule has 2 aliphatic rings. The van der Waals surface area contributed by atoms with E-state index in [9.17, 15) is 14.4 Å². The summed E-state index contributed by atoms with van der Waals surface area (Å²) in [4.78, 5) is 38.0. The van der Waals surface area contributed by atoms with Gasteiger partial charge in [-0.3, -0.25) is 9.59 Å². The molecular formula is C23H25N3O5. The van der Waals surface area contributed by atoms with Crippen molar-refractivity contribution in [2.45, 2.75) is 25.6 Å². The van der Waals surface area contributed by atoms with E-state index in [1.54, 1.807) is 23.1 Å². The molecule has 1 atom stereocenters. The van der Waals surface area contributed by atoms with E-state index in [1.807, 2.05) is 30.3 Å². The van der Waals surface area contributed by atoms with Crippen molar-refractivity contribution < 1.29 is 23.9 Å². The molecule has 4 rings (SSSR count). The second-order valence-electron chi connectivity index (χ2n) is 7.61. The number of carbonyl (C=O) groups excluding carboxylic acids is 3. The van der Waals surface area contributed by atoms with Crippen LogP contribution in [0.25, 0.3) is 0 Å². The zero-order valence-electron chi connectivity index (χ0n) is 17.1. The van der Waals surface area contributed by atoms with Crippen LogP contribution in [0.15, 0.2) is 48.5 Å². The second kappa shape index (κ2) is 9.61. The number of benzene rings is 2. The van der Waals surface area contributed by atoms with E-state index in [2.05, 4.69) is 10.6 Å². The Morgan fingerprint density at radius 2 is 2.00 bits per heavy atom. The third-order valence-electron chi connectivity index (χ3n) is 5.36. The Morgan fingerprint density at radius 3 is 2.84 bits per heavy atom. The van der Waals surface area contributed by atoms with Gasteiger partial charge in [-0.05, 0) is 35.7 Å². The normalized spacial score (nSPS) is 18.0. The van der Waals surface area contributed by atoms with Gasteiger partial charge in [-0.2, -0.15) is 0 Å². The number of anilines is 1. The first-order chi connectivity index (χ1) is 15.1. The Bertz CT molecular complexity index is 963. The molecule has 2 aliphatic heterocycles. The van der Waals surface area contributed by atoms with E-state index in [1.165, 1.54) is 0 Å². The number of morpholine rings is 1. The monoisotopic (exact) mass is 423 g/mol. The van der Waals surface area contributed by atoms with Gasteiger partial charge in [-0.15, -0.1) is 0 Å². The van der Waals surface area contributed by atoms with E-state index < -0.39 is 0 Å². The third kappa shape index (κ3) is 5.40. The standard InChI is InChI=1S/C23H25N3O5/c27-21-9-7-17-12-18(6-8-20(17)25-21)22(28)24-13-19-14-26(10-11-30-19)23(29)31-15-16-4-2-1-3-5-16/h1-6,8,12,19H,7,9-11,13-15H2,(H,24,28)(H,25,27)/t19-/m1/s1. The van der Waals surface area contributed by atoms with Crippen molar-refractivity contribution in [3.8, 4) is 0 Å². The Morgan fingerprint density at radius 1 is 1.16 bits per heavy atom. The second-order valence-corrected chi connectivity index (χ2v) is 7.61. The molecule has 0 bridgehead atoms. The minimum absolute atomic E-state index is 0.00834. The molecule has 1 saturated heterocycles. The number of amides is 3. The number of carbonyl (C=O) groups is 3. The van der Waals surface area contributed by atoms with Crippen LogP contribution < -0.4 is 10.6 Å². The fourth-order valence-corrected chi connectivity index (χ4v) is 3.65. The van der Waals surface area contributed by atoms with Crippen molar-refractivity contribution in [2.75, 3.05) is 31.6 Å². The smallest absolute Gasteiger partial charge is 0.410 e. The number of nitrogens with one attached hydrogen (secondary N) is 2. The maximum absolute atomic E-state index is 12.6. The topological polar surface area (TPSA) is 97.0 Å². The summed E-state index contributed by atoms with van der Waals surface area (Å²) in [6.07, 6.45) is 0.345. The molecule has 0 radical (unpaired) electrons. The Kier molecular flexibility index (Phi) is 6.47. The zero-order valence-corrected chi connectivity index (χ0v) is 17.1. The lowest BCUT2D eigenvalue weighted by Gasteiger charge is -2.32. The SMILES string of the molecule is O=C1CCc2cc(C(=O)NC[C@@H]3CN(C(=O)OCc4ccccc4)CCO3)ccc2N1. The first kappa shape index (κ1) is 20.9. The van der Waals surface area contributed by atoms with E-state index in [-0.39, 0.29) is 37.2 Å². The van der Waals surface area contributed by atoms with Crippen molar-refractivity contribution in [2.24, 2.45) is 0 Å². The summed E-state index contributed by atoms with van der Waals surface area (Å²) in [5.74, 6) is -0.224. The molecule has 0 aliphatic carbocycles. The lowest BCUT2D eigenvalue weighted by atomic mass is 10.00. The molecule has 31 heavy (non-hydrogen) atoms. The minimum atomic E-state index is -0.389. The fourth-order valence-electron chi connectivity index (χ4n) is 3.65. The minimum Gasteiger partial charge on any atom is -0.445 e. The van der Waals surface area contributed by atoms with Crippen LogP contribution >= 0.6 is 0 Å². The predicted molar refractivity (Wildman–Crippen MR) is 114 cm³/mol. The van der Waals surface area contributed by atoms with Crippen molar-refractivity contribution in [1.82, 2.24) is 10.2 Å². The van der Waals surface area contributed by atoms with Gasteiger partial charge in [0.15, 0.2) is 0 Å². The number of hydrogen-bond acceptors (Lipinski definition) is 5. The van der Waals surface area contributed by atoms with Crippen molar-refractivity contribution in [3.63, 3.8) is 0 Å². The van der Waals surface area contributed by atoms with E-state index >= 15 is 0 Å². The van der Waals surface area contributed by atoms with Gasteiger partial charge in [-0.25, -0.2) is 4.79 Å². The molecule has 162 valence electrons. The molecule has 2 aromatic carbocycles. The van der Waals surface area contributed by atoms with Gasteiger partial charge in [-0.1, -0.05) is 30.3 Å². The molecule has 0 aromatic heterocycles. The summed E-state index contributed by atoms with van der Waals surface area (Å²) in [6, 6.07) is 14.8. The van der Waals surface area contributed by atoms with Crippen LogP contribution in [-0.2, 0) is 27.3 Å². The number of nitrogens with zero attached hydrogens (tertiary/aromatic N) is 1. The summed E-state index contributed by atoms with van der Waals surface area (Å²) in [5, 5.41) is 5.68. The van der Waals surface area contributed by atoms with E-state index in [0.29, 0.717) is 38.1 Å². The zero-order chi connectivity index (χ0) is 21.6. The van der Waals surface area contributed by atoms with Crippen LogP contribution in [0.3, 0.4) is 0 Å². The van der Waals surface area contributed by atoms with Gasteiger partial charge in [0.05, 0.1) is 19.3 Å². The average molecular weight is 423 g/mol. The van der Waals surface area contributed by atoms with Crippen LogP contribution in [0.4, 0.5) is 10.5 Å². The van der Waals surface area contributed by atoms with Crippen LogP contribution in [0, 0.1) is 0 Å². The molecule has 8 heteroatoms. The highest BCUT2D eigenvalue weighted by Crippen LogP contribution is 2.23. The Labute approximate surface area is 180 Å². The van der Waals surface area contributed by atoms with Crippen LogP contribution in [0.1, 0.15) is 27.9 Å². The van der Waals surface area contributed by atoms with E-state index in [0.717, 1.165) is 16.8 Å². The van der Waals surface area contributed by atoms with Gasteiger partial charge >= 0.3 is 6.09 Å². The van der Waals surface area contributed by atoms with Crippen molar-refractivity contribution in [3.05, 3.63) is 65.2 Å². The highest BCUT2D eigenvalue weighted by Gasteiger charge is 2.26. The van der Waals surface area contributed by atoms with Gasteiger partial charge in [0, 0.05) is 30.8 Å². The van der Waals surface area contributed by atoms with Crippen LogP contribution in [0.2, 0.25) is 0 Å². The maximum atomic E-state index is 12.6. The fraction of sp³-hybridized carbons (Fsp3) is 0.348. The predicted octanol–water partition coefficient (Wildman–Crippen LogP) is 2.34. The summed E-state index contributed by atoms with van der Waals surface area (Å²) >= 11 is 0. The highest BCUT2D eigenvalue weighted by atomic mass is 16.6. The number of fused-ring (bicyclic) bond motifs is 1. The molecule has 8 nitrogen and oxygen atoms in total. The molecule has 3 amide bonds. The molecule has 2 aromatic rings. The van der Waals surface area contributed by atoms with Crippen LogP contribution in [0.5, 0.6) is 0 Å². The Balaban J connectivity index is 1.26. The number of aryl methyl sites for hydroxylation is 1. The molecule has 2 heterocycles. The third-order valence-corrected chi connectivity index (χ3v) is 5.36. The molecule has 0 unspecified atom stereocenters. The largest absolute Gasteiger partial charge is 0.445 e. The first-order valence-corrected chi connectivity index (χ1v) is 10.4. The molecule has 0 saturated carbocycles. The summed E-state index contributed by atoms with van der Waals surface area (Å²) in [7, 11) is 0. The maximum Gasteiger partial charge on any atom is 0.410 e. The summed E-state index contributed by atoms with van der Waals surface area (Å²) < 4.78 is 11.1. The Hall–Kier alpha value is -3.39. The first-order valence-electron chi connectivity index (χ1n) is 10.4. The van der Waals surface area contributed by atoms with Crippen LogP contribution in [-0.4, -0.2) is 55.2 Å². The van der Waals surface area contributed by atoms with E-state index in [4.69, 9.17) is 9.47 Å². The highest BCUT2D eigenvalue weighted by molar-refractivity contribution is 5.97. The molecule has 1 fully saturated rings. The summed E-state index contributed by atoms with van der Waals surface area (Å²) in [5.41, 5.74) is 3.17.